The summed E-state index contributed by atoms with van der Waals surface area (Å²) in [5, 5.41) is 3.74. The molecule has 6 nitrogen and oxygen atoms in total. The van der Waals surface area contributed by atoms with Crippen LogP contribution in [0.2, 0.25) is 0 Å². The third kappa shape index (κ3) is 5.18. The lowest BCUT2D eigenvalue weighted by Crippen LogP contribution is -2.24. The molecule has 0 aliphatic carbocycles. The van der Waals surface area contributed by atoms with Gasteiger partial charge in [-0.2, -0.15) is 5.10 Å². The first kappa shape index (κ1) is 16.6. The molecule has 0 aliphatic heterocycles. The van der Waals surface area contributed by atoms with Gasteiger partial charge in [0.15, 0.2) is 11.5 Å². The number of carbonyl (C=O) groups excluding carboxylic acids is 1. The lowest BCUT2D eigenvalue weighted by Gasteiger charge is -2.15. The number of primary amides is 1. The summed E-state index contributed by atoms with van der Waals surface area (Å²) >= 11 is 0. The molecule has 0 atom stereocenters. The number of amides is 2. The van der Waals surface area contributed by atoms with Gasteiger partial charge >= 0.3 is 6.03 Å². The molecule has 0 unspecified atom stereocenters. The molecule has 0 aromatic heterocycles. The van der Waals surface area contributed by atoms with Gasteiger partial charge in [-0.1, -0.05) is 13.0 Å². The van der Waals surface area contributed by atoms with Gasteiger partial charge in [-0.15, -0.1) is 6.58 Å². The molecule has 1 aromatic rings. The average molecular weight is 291 g/mol. The minimum atomic E-state index is -0.715. The van der Waals surface area contributed by atoms with Crippen molar-refractivity contribution in [1.29, 1.82) is 0 Å². The summed E-state index contributed by atoms with van der Waals surface area (Å²) < 4.78 is 11.1. The minimum absolute atomic E-state index is 0.608. The van der Waals surface area contributed by atoms with Crippen molar-refractivity contribution in [3.8, 4) is 11.5 Å². The number of ether oxygens (including phenoxy) is 2. The summed E-state index contributed by atoms with van der Waals surface area (Å²) in [6.07, 6.45) is 4.82. The maximum atomic E-state index is 10.6. The quantitative estimate of drug-likeness (QED) is 0.437. The van der Waals surface area contributed by atoms with Gasteiger partial charge < -0.3 is 15.2 Å². The van der Waals surface area contributed by atoms with E-state index in [4.69, 9.17) is 15.2 Å². The largest absolute Gasteiger partial charge is 0.493 e. The average Bonchev–Trinajstić information content (AvgIpc) is 2.45. The third-order valence-corrected chi connectivity index (χ3v) is 2.58. The third-order valence-electron chi connectivity index (χ3n) is 2.58. The Morgan fingerprint density at radius 1 is 1.52 bits per heavy atom. The van der Waals surface area contributed by atoms with E-state index in [1.165, 1.54) is 6.21 Å². The van der Waals surface area contributed by atoms with Crippen molar-refractivity contribution in [2.45, 2.75) is 19.8 Å². The number of benzene rings is 1. The normalized spacial score (nSPS) is 10.4. The highest BCUT2D eigenvalue weighted by atomic mass is 16.5. The number of hydrogen-bond acceptors (Lipinski definition) is 4. The molecule has 1 aromatic carbocycles. The summed E-state index contributed by atoms with van der Waals surface area (Å²) in [6, 6.07) is 2.97. The van der Waals surface area contributed by atoms with Gasteiger partial charge in [-0.25, -0.2) is 10.2 Å². The number of carbonyl (C=O) groups is 1. The second kappa shape index (κ2) is 8.63. The molecule has 0 saturated heterocycles. The molecule has 0 bridgehead atoms. The lowest BCUT2D eigenvalue weighted by atomic mass is 10.1. The second-order valence-corrected chi connectivity index (χ2v) is 4.29. The Balaban J connectivity index is 3.12. The molecule has 0 aliphatic rings. The minimum Gasteiger partial charge on any atom is -0.493 e. The lowest BCUT2D eigenvalue weighted by molar-refractivity contribution is 0.249. The monoisotopic (exact) mass is 291 g/mol. The van der Waals surface area contributed by atoms with Crippen LogP contribution in [0.25, 0.3) is 0 Å². The molecule has 2 amide bonds. The van der Waals surface area contributed by atoms with Crippen LogP contribution in [0.4, 0.5) is 4.79 Å². The topological polar surface area (TPSA) is 85.9 Å². The Labute approximate surface area is 124 Å². The molecular weight excluding hydrogens is 270 g/mol. The first-order valence-electron chi connectivity index (χ1n) is 6.65. The van der Waals surface area contributed by atoms with Crippen molar-refractivity contribution in [2.75, 3.05) is 13.7 Å². The van der Waals surface area contributed by atoms with Crippen molar-refractivity contribution in [1.82, 2.24) is 5.43 Å². The van der Waals surface area contributed by atoms with Crippen LogP contribution >= 0.6 is 0 Å². The van der Waals surface area contributed by atoms with E-state index in [0.717, 1.165) is 17.5 Å². The van der Waals surface area contributed by atoms with Gasteiger partial charge in [0, 0.05) is 5.56 Å². The smallest absolute Gasteiger partial charge is 0.332 e. The molecule has 0 radical (unpaired) electrons. The fraction of sp³-hybridized carbons (Fsp3) is 0.333. The number of hydrogen-bond donors (Lipinski definition) is 2. The van der Waals surface area contributed by atoms with E-state index in [1.54, 1.807) is 19.3 Å². The zero-order valence-corrected chi connectivity index (χ0v) is 12.4. The van der Waals surface area contributed by atoms with Crippen molar-refractivity contribution in [2.24, 2.45) is 10.8 Å². The van der Waals surface area contributed by atoms with E-state index >= 15 is 0 Å². The van der Waals surface area contributed by atoms with Crippen LogP contribution in [0, 0.1) is 0 Å². The predicted molar refractivity (Wildman–Crippen MR) is 83.0 cm³/mol. The van der Waals surface area contributed by atoms with Crippen molar-refractivity contribution in [3.05, 3.63) is 35.9 Å². The van der Waals surface area contributed by atoms with Crippen molar-refractivity contribution in [3.63, 3.8) is 0 Å². The van der Waals surface area contributed by atoms with Crippen LogP contribution < -0.4 is 20.6 Å². The molecular formula is C15H21N3O3. The fourth-order valence-electron chi connectivity index (χ4n) is 1.76. The summed E-state index contributed by atoms with van der Waals surface area (Å²) in [5.74, 6) is 1.32. The zero-order chi connectivity index (χ0) is 15.7. The summed E-state index contributed by atoms with van der Waals surface area (Å²) in [5.41, 5.74) is 8.80. The number of rotatable bonds is 8. The van der Waals surface area contributed by atoms with Crippen LogP contribution in [-0.2, 0) is 6.42 Å². The van der Waals surface area contributed by atoms with E-state index in [-0.39, 0.29) is 0 Å². The van der Waals surface area contributed by atoms with Crippen LogP contribution in [0.3, 0.4) is 0 Å². The van der Waals surface area contributed by atoms with Crippen LogP contribution in [0.1, 0.15) is 24.5 Å². The summed E-state index contributed by atoms with van der Waals surface area (Å²) in [4.78, 5) is 10.6. The van der Waals surface area contributed by atoms with Crippen LogP contribution in [0.5, 0.6) is 11.5 Å². The zero-order valence-electron chi connectivity index (χ0n) is 12.4. The van der Waals surface area contributed by atoms with Gasteiger partial charge in [0.25, 0.3) is 0 Å². The molecule has 3 N–H and O–H groups in total. The van der Waals surface area contributed by atoms with Gasteiger partial charge in [-0.05, 0) is 30.5 Å². The Bertz CT molecular complexity index is 527. The maximum Gasteiger partial charge on any atom is 0.332 e. The maximum absolute atomic E-state index is 10.6. The molecule has 1 rings (SSSR count). The molecule has 6 heteroatoms. The standard InChI is InChI=1S/C15H21N3O3/c1-4-6-12-8-11(10-17-18-15(16)19)9-13(20-3)14(12)21-7-5-2/h4,8-10H,1,5-7H2,2-3H3,(H3,16,18,19). The molecule has 0 saturated carbocycles. The Hall–Kier alpha value is -2.50. The predicted octanol–water partition coefficient (Wildman–Crippen LogP) is 2.21. The van der Waals surface area contributed by atoms with Gasteiger partial charge in [0.1, 0.15) is 0 Å². The Morgan fingerprint density at radius 3 is 2.86 bits per heavy atom. The number of nitrogens with zero attached hydrogens (tertiary/aromatic N) is 1. The number of methoxy groups -OCH3 is 1. The van der Waals surface area contributed by atoms with Gasteiger partial charge in [-0.3, -0.25) is 0 Å². The van der Waals surface area contributed by atoms with E-state index in [9.17, 15) is 4.79 Å². The highest BCUT2D eigenvalue weighted by Gasteiger charge is 2.12. The first-order chi connectivity index (χ1) is 10.1. The van der Waals surface area contributed by atoms with E-state index in [2.05, 4.69) is 17.1 Å². The molecule has 0 spiro atoms. The highest BCUT2D eigenvalue weighted by molar-refractivity contribution is 5.83. The number of allylic oxidation sites excluding steroid dienone is 1. The molecule has 0 heterocycles. The number of urea groups is 1. The summed E-state index contributed by atoms with van der Waals surface area (Å²) in [7, 11) is 1.58. The van der Waals surface area contributed by atoms with Crippen LogP contribution in [0.15, 0.2) is 29.9 Å². The fourth-order valence-corrected chi connectivity index (χ4v) is 1.76. The molecule has 0 fully saturated rings. The number of hydrazone groups is 1. The van der Waals surface area contributed by atoms with E-state index < -0.39 is 6.03 Å². The van der Waals surface area contributed by atoms with Crippen molar-refractivity contribution < 1.29 is 14.3 Å². The second-order valence-electron chi connectivity index (χ2n) is 4.29. The number of nitrogens with two attached hydrogens (primary N) is 1. The van der Waals surface area contributed by atoms with Gasteiger partial charge in [0.05, 0.1) is 19.9 Å². The van der Waals surface area contributed by atoms with Crippen molar-refractivity contribution >= 4 is 12.2 Å². The molecule has 114 valence electrons. The SMILES string of the molecule is C=CCc1cc(C=NNC(N)=O)cc(OC)c1OCCC. The summed E-state index contributed by atoms with van der Waals surface area (Å²) in [6.45, 7) is 6.39. The molecule has 21 heavy (non-hydrogen) atoms. The van der Waals surface area contributed by atoms with E-state index in [0.29, 0.717) is 24.5 Å². The van der Waals surface area contributed by atoms with Gasteiger partial charge in [0.2, 0.25) is 0 Å². The van der Waals surface area contributed by atoms with Crippen LogP contribution in [-0.4, -0.2) is 26.0 Å². The first-order valence-corrected chi connectivity index (χ1v) is 6.65. The van der Waals surface area contributed by atoms with E-state index in [1.807, 2.05) is 13.0 Å². The number of nitrogens with one attached hydrogen (secondary N) is 1. The highest BCUT2D eigenvalue weighted by Crippen LogP contribution is 2.33. The Morgan fingerprint density at radius 2 is 2.29 bits per heavy atom. The Kier molecular flexibility index (Phi) is 6.80.